The molecule has 0 aliphatic carbocycles. The summed E-state index contributed by atoms with van der Waals surface area (Å²) in [4.78, 5) is 1.42. The topological polar surface area (TPSA) is 21.3 Å². The third-order valence-electron chi connectivity index (χ3n) is 2.80. The Kier molecular flexibility index (Phi) is 4.64. The molecule has 1 N–H and O–H groups in total. The summed E-state index contributed by atoms with van der Waals surface area (Å²) >= 11 is 1.81. The Balaban J connectivity index is 1.54. The van der Waals surface area contributed by atoms with Crippen molar-refractivity contribution in [3.63, 3.8) is 0 Å². The van der Waals surface area contributed by atoms with Gasteiger partial charge in [0.1, 0.15) is 0 Å². The van der Waals surface area contributed by atoms with E-state index < -0.39 is 0 Å². The molecule has 0 aromatic carbocycles. The summed E-state index contributed by atoms with van der Waals surface area (Å²) in [5.41, 5.74) is 0. The molecule has 1 fully saturated rings. The van der Waals surface area contributed by atoms with Crippen LogP contribution in [0, 0.1) is 0 Å². The Labute approximate surface area is 95.6 Å². The van der Waals surface area contributed by atoms with Gasteiger partial charge in [0.05, 0.1) is 13.2 Å². The number of thiophene rings is 1. The standard InChI is InChI=1S/C12H19NOS/c1-2-7-13-11(4-1)10-14-8-6-12-5-3-9-15-12/h3,5,9,11,13H,1-2,4,6-8,10H2. The van der Waals surface area contributed by atoms with E-state index in [-0.39, 0.29) is 0 Å². The van der Waals surface area contributed by atoms with Crippen LogP contribution < -0.4 is 5.32 Å². The second-order valence-electron chi connectivity index (χ2n) is 4.05. The van der Waals surface area contributed by atoms with Gasteiger partial charge in [-0.2, -0.15) is 0 Å². The fourth-order valence-electron chi connectivity index (χ4n) is 1.92. The summed E-state index contributed by atoms with van der Waals surface area (Å²) in [5, 5.41) is 5.61. The van der Waals surface area contributed by atoms with Crippen LogP contribution >= 0.6 is 11.3 Å². The van der Waals surface area contributed by atoms with Gasteiger partial charge in [-0.3, -0.25) is 0 Å². The summed E-state index contributed by atoms with van der Waals surface area (Å²) in [6.07, 6.45) is 5.01. The van der Waals surface area contributed by atoms with Crippen molar-refractivity contribution in [1.29, 1.82) is 0 Å². The molecular weight excluding hydrogens is 206 g/mol. The zero-order chi connectivity index (χ0) is 10.3. The van der Waals surface area contributed by atoms with Gasteiger partial charge < -0.3 is 10.1 Å². The molecule has 84 valence electrons. The zero-order valence-corrected chi connectivity index (χ0v) is 9.89. The van der Waals surface area contributed by atoms with Crippen molar-refractivity contribution >= 4 is 11.3 Å². The Morgan fingerprint density at radius 1 is 1.47 bits per heavy atom. The third kappa shape index (κ3) is 3.93. The molecule has 0 amide bonds. The normalized spacial score (nSPS) is 21.7. The lowest BCUT2D eigenvalue weighted by molar-refractivity contribution is 0.106. The average molecular weight is 225 g/mol. The maximum Gasteiger partial charge on any atom is 0.0619 e. The van der Waals surface area contributed by atoms with Gasteiger partial charge in [-0.1, -0.05) is 12.5 Å². The number of hydrogen-bond acceptors (Lipinski definition) is 3. The first-order valence-electron chi connectivity index (χ1n) is 5.78. The minimum atomic E-state index is 0.599. The van der Waals surface area contributed by atoms with Crippen LogP contribution in [-0.4, -0.2) is 25.8 Å². The second kappa shape index (κ2) is 6.26. The molecule has 1 aromatic rings. The maximum atomic E-state index is 5.69. The first-order chi connectivity index (χ1) is 7.45. The number of nitrogens with one attached hydrogen (secondary N) is 1. The van der Waals surface area contributed by atoms with Gasteiger partial charge in [-0.25, -0.2) is 0 Å². The van der Waals surface area contributed by atoms with E-state index in [0.717, 1.165) is 19.6 Å². The van der Waals surface area contributed by atoms with E-state index in [1.54, 1.807) is 0 Å². The van der Waals surface area contributed by atoms with Gasteiger partial charge >= 0.3 is 0 Å². The number of piperidine rings is 1. The van der Waals surface area contributed by atoms with E-state index in [1.165, 1.54) is 30.7 Å². The van der Waals surface area contributed by atoms with Gasteiger partial charge in [0.25, 0.3) is 0 Å². The van der Waals surface area contributed by atoms with Crippen molar-refractivity contribution in [2.45, 2.75) is 31.7 Å². The second-order valence-corrected chi connectivity index (χ2v) is 5.08. The SMILES string of the molecule is c1csc(CCOCC2CCCCN2)c1. The van der Waals surface area contributed by atoms with Crippen LogP contribution in [0.5, 0.6) is 0 Å². The van der Waals surface area contributed by atoms with Crippen LogP contribution in [0.3, 0.4) is 0 Å². The lowest BCUT2D eigenvalue weighted by atomic mass is 10.1. The largest absolute Gasteiger partial charge is 0.379 e. The highest BCUT2D eigenvalue weighted by atomic mass is 32.1. The molecule has 1 atom stereocenters. The van der Waals surface area contributed by atoms with Crippen LogP contribution in [0.1, 0.15) is 24.1 Å². The summed E-state index contributed by atoms with van der Waals surface area (Å²) in [5.74, 6) is 0. The monoisotopic (exact) mass is 225 g/mol. The van der Waals surface area contributed by atoms with E-state index in [0.29, 0.717) is 6.04 Å². The van der Waals surface area contributed by atoms with E-state index in [1.807, 2.05) is 11.3 Å². The van der Waals surface area contributed by atoms with Crippen molar-refractivity contribution in [3.05, 3.63) is 22.4 Å². The molecule has 15 heavy (non-hydrogen) atoms. The molecule has 2 nitrogen and oxygen atoms in total. The lowest BCUT2D eigenvalue weighted by Crippen LogP contribution is -2.37. The van der Waals surface area contributed by atoms with E-state index in [4.69, 9.17) is 4.74 Å². The first kappa shape index (κ1) is 11.1. The van der Waals surface area contributed by atoms with Crippen molar-refractivity contribution in [2.24, 2.45) is 0 Å². The summed E-state index contributed by atoms with van der Waals surface area (Å²) < 4.78 is 5.69. The molecule has 0 radical (unpaired) electrons. The Hall–Kier alpha value is -0.380. The third-order valence-corrected chi connectivity index (χ3v) is 3.74. The number of hydrogen-bond donors (Lipinski definition) is 1. The number of ether oxygens (including phenoxy) is 1. The van der Waals surface area contributed by atoms with E-state index in [2.05, 4.69) is 22.8 Å². The highest BCUT2D eigenvalue weighted by Gasteiger charge is 2.11. The lowest BCUT2D eigenvalue weighted by Gasteiger charge is -2.23. The van der Waals surface area contributed by atoms with Crippen molar-refractivity contribution in [1.82, 2.24) is 5.32 Å². The number of rotatable bonds is 5. The highest BCUT2D eigenvalue weighted by molar-refractivity contribution is 7.09. The maximum absolute atomic E-state index is 5.69. The average Bonchev–Trinajstić information content (AvgIpc) is 2.79. The molecule has 0 spiro atoms. The van der Waals surface area contributed by atoms with Crippen molar-refractivity contribution < 1.29 is 4.74 Å². The molecule has 0 bridgehead atoms. The van der Waals surface area contributed by atoms with Crippen LogP contribution in [0.2, 0.25) is 0 Å². The minimum absolute atomic E-state index is 0.599. The smallest absolute Gasteiger partial charge is 0.0619 e. The molecule has 2 heterocycles. The van der Waals surface area contributed by atoms with Crippen LogP contribution in [0.25, 0.3) is 0 Å². The minimum Gasteiger partial charge on any atom is -0.379 e. The summed E-state index contributed by atoms with van der Waals surface area (Å²) in [7, 11) is 0. The van der Waals surface area contributed by atoms with E-state index >= 15 is 0 Å². The van der Waals surface area contributed by atoms with Crippen LogP contribution in [0.4, 0.5) is 0 Å². The molecule has 3 heteroatoms. The van der Waals surface area contributed by atoms with Gasteiger partial charge in [0, 0.05) is 17.3 Å². The Morgan fingerprint density at radius 3 is 3.20 bits per heavy atom. The summed E-state index contributed by atoms with van der Waals surface area (Å²) in [6.45, 7) is 2.91. The van der Waals surface area contributed by atoms with Crippen molar-refractivity contribution in [2.75, 3.05) is 19.8 Å². The predicted molar refractivity (Wildman–Crippen MR) is 64.5 cm³/mol. The molecular formula is C12H19NOS. The predicted octanol–water partition coefficient (Wildman–Crippen LogP) is 2.45. The van der Waals surface area contributed by atoms with Crippen LogP contribution in [0.15, 0.2) is 17.5 Å². The molecule has 1 unspecified atom stereocenters. The Bertz CT molecular complexity index is 255. The fraction of sp³-hybridized carbons (Fsp3) is 0.667. The summed E-state index contributed by atoms with van der Waals surface area (Å²) in [6, 6.07) is 4.87. The van der Waals surface area contributed by atoms with Crippen LogP contribution in [-0.2, 0) is 11.2 Å². The Morgan fingerprint density at radius 2 is 2.47 bits per heavy atom. The molecule has 1 aromatic heterocycles. The van der Waals surface area contributed by atoms with Gasteiger partial charge in [-0.05, 0) is 30.8 Å². The zero-order valence-electron chi connectivity index (χ0n) is 9.08. The van der Waals surface area contributed by atoms with Gasteiger partial charge in [0.2, 0.25) is 0 Å². The van der Waals surface area contributed by atoms with Gasteiger partial charge in [-0.15, -0.1) is 11.3 Å². The fourth-order valence-corrected chi connectivity index (χ4v) is 2.61. The van der Waals surface area contributed by atoms with Gasteiger partial charge in [0.15, 0.2) is 0 Å². The molecule has 1 aliphatic heterocycles. The molecule has 1 aliphatic rings. The quantitative estimate of drug-likeness (QED) is 0.777. The highest BCUT2D eigenvalue weighted by Crippen LogP contribution is 2.10. The molecule has 1 saturated heterocycles. The molecule has 0 saturated carbocycles. The van der Waals surface area contributed by atoms with E-state index in [9.17, 15) is 0 Å². The molecule has 2 rings (SSSR count). The first-order valence-corrected chi connectivity index (χ1v) is 6.66. The van der Waals surface area contributed by atoms with Crippen molar-refractivity contribution in [3.8, 4) is 0 Å².